The van der Waals surface area contributed by atoms with Crippen LogP contribution in [0.1, 0.15) is 40.2 Å². The predicted molar refractivity (Wildman–Crippen MR) is 83.5 cm³/mol. The number of phenolic OH excluding ortho intramolecular Hbond substituents is 2. The minimum atomic E-state index is -0.112. The van der Waals surface area contributed by atoms with E-state index in [9.17, 15) is 15.0 Å². The fourth-order valence-corrected chi connectivity index (χ4v) is 3.48. The molecule has 0 saturated heterocycles. The molecule has 1 aliphatic rings. The summed E-state index contributed by atoms with van der Waals surface area (Å²) in [5.74, 6) is -0.200. The number of Topliss-reactive ketones (excluding diaryl/α,β-unsaturated/α-hetero) is 1. The van der Waals surface area contributed by atoms with Gasteiger partial charge in [0, 0.05) is 35.0 Å². The summed E-state index contributed by atoms with van der Waals surface area (Å²) in [5.41, 5.74) is 2.88. The minimum Gasteiger partial charge on any atom is -0.508 e. The first-order chi connectivity index (χ1) is 10.7. The van der Waals surface area contributed by atoms with E-state index < -0.39 is 0 Å². The van der Waals surface area contributed by atoms with Crippen LogP contribution in [0.15, 0.2) is 42.6 Å². The number of hydrogen-bond acceptors (Lipinski definition) is 3. The molecule has 0 aliphatic heterocycles. The fraction of sp³-hybridized carbons (Fsp3) is 0.167. The average molecular weight is 293 g/mol. The average Bonchev–Trinajstić information content (AvgIpc) is 2.95. The first-order valence-corrected chi connectivity index (χ1v) is 7.31. The third-order valence-corrected chi connectivity index (χ3v) is 4.48. The quantitative estimate of drug-likeness (QED) is 0.599. The highest BCUT2D eigenvalue weighted by molar-refractivity contribution is 6.02. The van der Waals surface area contributed by atoms with Crippen LogP contribution in [0.3, 0.4) is 0 Å². The first kappa shape index (κ1) is 13.0. The van der Waals surface area contributed by atoms with Crippen molar-refractivity contribution < 1.29 is 15.0 Å². The number of H-pyrrole nitrogens is 1. The molecule has 0 radical (unpaired) electrons. The Morgan fingerprint density at radius 1 is 1.05 bits per heavy atom. The van der Waals surface area contributed by atoms with Gasteiger partial charge < -0.3 is 15.2 Å². The third-order valence-electron chi connectivity index (χ3n) is 4.48. The van der Waals surface area contributed by atoms with E-state index in [0.717, 1.165) is 16.5 Å². The van der Waals surface area contributed by atoms with Gasteiger partial charge in [-0.15, -0.1) is 0 Å². The Kier molecular flexibility index (Phi) is 2.73. The molecule has 22 heavy (non-hydrogen) atoms. The second kappa shape index (κ2) is 4.63. The maximum Gasteiger partial charge on any atom is 0.167 e. The summed E-state index contributed by atoms with van der Waals surface area (Å²) in [6.45, 7) is 0. The number of para-hydroxylation sites is 1. The van der Waals surface area contributed by atoms with Crippen LogP contribution in [-0.2, 0) is 0 Å². The number of benzene rings is 2. The minimum absolute atomic E-state index is 0.0534. The largest absolute Gasteiger partial charge is 0.508 e. The van der Waals surface area contributed by atoms with Gasteiger partial charge in [-0.1, -0.05) is 18.2 Å². The molecule has 0 bridgehead atoms. The number of phenols is 2. The van der Waals surface area contributed by atoms with Crippen LogP contribution in [0.2, 0.25) is 0 Å². The van der Waals surface area contributed by atoms with Crippen molar-refractivity contribution in [2.24, 2.45) is 0 Å². The lowest BCUT2D eigenvalue weighted by molar-refractivity contribution is 0.0965. The molecule has 4 heteroatoms. The van der Waals surface area contributed by atoms with E-state index in [-0.39, 0.29) is 28.8 Å². The molecule has 0 unspecified atom stereocenters. The van der Waals surface area contributed by atoms with Gasteiger partial charge in [0.1, 0.15) is 11.5 Å². The topological polar surface area (TPSA) is 73.3 Å². The Balaban J connectivity index is 1.98. The Labute approximate surface area is 127 Å². The molecule has 1 atom stereocenters. The molecule has 110 valence electrons. The van der Waals surface area contributed by atoms with Crippen LogP contribution >= 0.6 is 0 Å². The normalized spacial score (nSPS) is 17.6. The molecule has 1 aromatic heterocycles. The van der Waals surface area contributed by atoms with Gasteiger partial charge in [0.05, 0.1) is 5.56 Å². The number of hydrogen-bond donors (Lipinski definition) is 3. The summed E-state index contributed by atoms with van der Waals surface area (Å²) < 4.78 is 0. The number of carbonyl (C=O) groups is 1. The fourth-order valence-electron chi connectivity index (χ4n) is 3.48. The number of nitrogens with one attached hydrogen (secondary N) is 1. The smallest absolute Gasteiger partial charge is 0.167 e. The highest BCUT2D eigenvalue weighted by atomic mass is 16.3. The zero-order valence-electron chi connectivity index (χ0n) is 11.8. The van der Waals surface area contributed by atoms with Crippen molar-refractivity contribution >= 4 is 16.7 Å². The van der Waals surface area contributed by atoms with Gasteiger partial charge in [0.15, 0.2) is 5.78 Å². The number of fused-ring (bicyclic) bond motifs is 2. The molecule has 0 spiro atoms. The summed E-state index contributed by atoms with van der Waals surface area (Å²) in [6, 6.07) is 10.8. The van der Waals surface area contributed by atoms with E-state index in [1.54, 1.807) is 0 Å². The van der Waals surface area contributed by atoms with Crippen molar-refractivity contribution in [3.8, 4) is 11.5 Å². The van der Waals surface area contributed by atoms with Crippen molar-refractivity contribution in [2.45, 2.75) is 18.8 Å². The Bertz CT molecular complexity index is 894. The maximum absolute atomic E-state index is 12.2. The van der Waals surface area contributed by atoms with Crippen LogP contribution in [0.25, 0.3) is 10.9 Å². The van der Waals surface area contributed by atoms with E-state index in [1.165, 1.54) is 12.1 Å². The Morgan fingerprint density at radius 2 is 1.82 bits per heavy atom. The molecule has 4 nitrogen and oxygen atoms in total. The number of aromatic amines is 1. The van der Waals surface area contributed by atoms with Gasteiger partial charge in [-0.2, -0.15) is 0 Å². The summed E-state index contributed by atoms with van der Waals surface area (Å²) in [5, 5.41) is 21.4. The Hall–Kier alpha value is -2.75. The zero-order chi connectivity index (χ0) is 15.3. The van der Waals surface area contributed by atoms with Gasteiger partial charge in [-0.3, -0.25) is 4.79 Å². The van der Waals surface area contributed by atoms with Gasteiger partial charge in [-0.25, -0.2) is 0 Å². The lowest BCUT2D eigenvalue weighted by atomic mass is 9.77. The third kappa shape index (κ3) is 1.73. The van der Waals surface area contributed by atoms with Crippen LogP contribution in [0.5, 0.6) is 11.5 Å². The van der Waals surface area contributed by atoms with Crippen LogP contribution in [0.4, 0.5) is 0 Å². The lowest BCUT2D eigenvalue weighted by Crippen LogP contribution is -2.17. The number of carbonyl (C=O) groups excluding carboxylic acids is 1. The molecular weight excluding hydrogens is 278 g/mol. The van der Waals surface area contributed by atoms with Gasteiger partial charge in [-0.05, 0) is 30.2 Å². The molecule has 2 aromatic carbocycles. The van der Waals surface area contributed by atoms with Crippen molar-refractivity contribution in [1.82, 2.24) is 4.98 Å². The summed E-state index contributed by atoms with van der Waals surface area (Å²) in [4.78, 5) is 15.4. The number of rotatable bonds is 1. The van der Waals surface area contributed by atoms with E-state index >= 15 is 0 Å². The van der Waals surface area contributed by atoms with Gasteiger partial charge in [0.25, 0.3) is 0 Å². The second-order valence-corrected chi connectivity index (χ2v) is 5.70. The van der Waals surface area contributed by atoms with E-state index in [1.807, 2.05) is 30.5 Å². The van der Waals surface area contributed by atoms with E-state index in [2.05, 4.69) is 4.98 Å². The van der Waals surface area contributed by atoms with E-state index in [4.69, 9.17) is 0 Å². The van der Waals surface area contributed by atoms with Crippen molar-refractivity contribution in [3.05, 3.63) is 59.3 Å². The van der Waals surface area contributed by atoms with Crippen molar-refractivity contribution in [1.29, 1.82) is 0 Å². The number of aromatic hydroxyl groups is 2. The molecule has 0 saturated carbocycles. The van der Waals surface area contributed by atoms with Gasteiger partial charge >= 0.3 is 0 Å². The predicted octanol–water partition coefficient (Wildman–Crippen LogP) is 3.69. The summed E-state index contributed by atoms with van der Waals surface area (Å²) in [6.07, 6.45) is 2.93. The SMILES string of the molecule is O=C1CC[C@@H](c2c[nH]c3ccccc23)c2c(O)ccc(O)c21. The molecular formula is C18H15NO3. The number of ketones is 1. The molecule has 3 N–H and O–H groups in total. The Morgan fingerprint density at radius 3 is 2.68 bits per heavy atom. The second-order valence-electron chi connectivity index (χ2n) is 5.70. The highest BCUT2D eigenvalue weighted by Gasteiger charge is 2.32. The van der Waals surface area contributed by atoms with Gasteiger partial charge in [0.2, 0.25) is 0 Å². The standard InChI is InChI=1S/C18H15NO3/c20-14-7-8-16(22)18-15(21)6-5-11(17(14)18)12-9-19-13-4-2-1-3-10(12)13/h1-4,7-9,11,19-20,22H,5-6H2/t11-/m0/s1. The molecule has 3 aromatic rings. The molecule has 0 fully saturated rings. The molecule has 0 amide bonds. The number of aromatic nitrogens is 1. The monoisotopic (exact) mass is 293 g/mol. The van der Waals surface area contributed by atoms with Crippen LogP contribution in [0, 0.1) is 0 Å². The summed E-state index contributed by atoms with van der Waals surface area (Å²) in [7, 11) is 0. The maximum atomic E-state index is 12.2. The lowest BCUT2D eigenvalue weighted by Gasteiger charge is -2.26. The van der Waals surface area contributed by atoms with E-state index in [0.29, 0.717) is 18.4 Å². The summed E-state index contributed by atoms with van der Waals surface area (Å²) >= 11 is 0. The van der Waals surface area contributed by atoms with Crippen molar-refractivity contribution in [3.63, 3.8) is 0 Å². The van der Waals surface area contributed by atoms with Crippen LogP contribution < -0.4 is 0 Å². The molecule has 1 heterocycles. The molecule has 1 aliphatic carbocycles. The van der Waals surface area contributed by atoms with Crippen molar-refractivity contribution in [2.75, 3.05) is 0 Å². The zero-order valence-corrected chi connectivity index (χ0v) is 11.8. The van der Waals surface area contributed by atoms with Crippen LogP contribution in [-0.4, -0.2) is 21.0 Å². The molecule has 4 rings (SSSR count). The first-order valence-electron chi connectivity index (χ1n) is 7.31. The highest BCUT2D eigenvalue weighted by Crippen LogP contribution is 2.46.